The molecule has 36 heavy (non-hydrogen) atoms. The largest absolute Gasteiger partial charge is 0.489 e. The molecule has 0 fully saturated rings. The van der Waals surface area contributed by atoms with Crippen LogP contribution in [0.25, 0.3) is 10.9 Å². The molecule has 6 rings (SSSR count). The summed E-state index contributed by atoms with van der Waals surface area (Å²) < 4.78 is 17.9. The van der Waals surface area contributed by atoms with E-state index in [2.05, 4.69) is 25.6 Å². The SMILES string of the molecule is O=C1CC(c2nn[nH]n2)Oc2cc(COc3cccc(OCc4ccc5ccccc5n4)c3)ccc21. The van der Waals surface area contributed by atoms with Crippen LogP contribution >= 0.6 is 0 Å². The maximum atomic E-state index is 12.5. The fraction of sp³-hybridized carbons (Fsp3) is 0.148. The Hall–Kier alpha value is -4.79. The number of carbonyl (C=O) groups is 1. The second kappa shape index (κ2) is 9.46. The van der Waals surface area contributed by atoms with Gasteiger partial charge >= 0.3 is 0 Å². The molecule has 0 aliphatic carbocycles. The van der Waals surface area contributed by atoms with Gasteiger partial charge in [0.1, 0.15) is 30.5 Å². The Bertz CT molecular complexity index is 1540. The molecule has 0 spiro atoms. The van der Waals surface area contributed by atoms with Crippen LogP contribution in [0.5, 0.6) is 17.2 Å². The Morgan fingerprint density at radius 2 is 1.78 bits per heavy atom. The van der Waals surface area contributed by atoms with Crippen molar-refractivity contribution in [3.05, 3.63) is 102 Å². The molecule has 178 valence electrons. The average molecular weight is 479 g/mol. The lowest BCUT2D eigenvalue weighted by Gasteiger charge is -2.23. The van der Waals surface area contributed by atoms with Gasteiger partial charge in [0.15, 0.2) is 11.9 Å². The summed E-state index contributed by atoms with van der Waals surface area (Å²) in [5.74, 6) is 2.17. The Morgan fingerprint density at radius 1 is 0.917 bits per heavy atom. The minimum atomic E-state index is -0.564. The van der Waals surface area contributed by atoms with Gasteiger partial charge in [0.05, 0.1) is 23.2 Å². The van der Waals surface area contributed by atoms with E-state index in [9.17, 15) is 4.79 Å². The molecule has 1 N–H and O–H groups in total. The first-order valence-corrected chi connectivity index (χ1v) is 11.5. The Morgan fingerprint density at radius 3 is 2.64 bits per heavy atom. The summed E-state index contributed by atoms with van der Waals surface area (Å²) >= 11 is 0. The number of nitrogens with one attached hydrogen (secondary N) is 1. The van der Waals surface area contributed by atoms with Gasteiger partial charge in [0, 0.05) is 11.5 Å². The van der Waals surface area contributed by atoms with Gasteiger partial charge in [-0.25, -0.2) is 4.98 Å². The Labute approximate surface area is 206 Å². The number of hydrogen-bond donors (Lipinski definition) is 1. The van der Waals surface area contributed by atoms with E-state index in [1.165, 1.54) is 0 Å². The third-order valence-corrected chi connectivity index (χ3v) is 5.89. The zero-order valence-electron chi connectivity index (χ0n) is 19.1. The summed E-state index contributed by atoms with van der Waals surface area (Å²) in [5.41, 5.74) is 3.19. The van der Waals surface area contributed by atoms with E-state index in [1.807, 2.05) is 72.8 Å². The summed E-state index contributed by atoms with van der Waals surface area (Å²) in [6.45, 7) is 0.652. The third kappa shape index (κ3) is 4.58. The van der Waals surface area contributed by atoms with Crippen molar-refractivity contribution in [2.75, 3.05) is 0 Å². The Kier molecular flexibility index (Phi) is 5.71. The number of fused-ring (bicyclic) bond motifs is 2. The highest BCUT2D eigenvalue weighted by molar-refractivity contribution is 6.00. The van der Waals surface area contributed by atoms with Crippen LogP contribution in [0.1, 0.15) is 40.0 Å². The number of para-hydroxylation sites is 1. The number of carbonyl (C=O) groups excluding carboxylic acids is 1. The zero-order chi connectivity index (χ0) is 24.3. The average Bonchev–Trinajstić information content (AvgIpc) is 3.46. The smallest absolute Gasteiger partial charge is 0.215 e. The first kappa shape index (κ1) is 21.7. The molecule has 0 saturated heterocycles. The monoisotopic (exact) mass is 479 g/mol. The summed E-state index contributed by atoms with van der Waals surface area (Å²) in [7, 11) is 0. The number of ketones is 1. The molecule has 0 bridgehead atoms. The van der Waals surface area contributed by atoms with Gasteiger partial charge in [0.25, 0.3) is 0 Å². The summed E-state index contributed by atoms with van der Waals surface area (Å²) in [5, 5.41) is 14.9. The maximum absolute atomic E-state index is 12.5. The first-order valence-electron chi connectivity index (χ1n) is 11.5. The van der Waals surface area contributed by atoms with Gasteiger partial charge in [-0.3, -0.25) is 4.79 Å². The normalized spacial score (nSPS) is 14.8. The van der Waals surface area contributed by atoms with E-state index in [1.54, 1.807) is 6.07 Å². The highest BCUT2D eigenvalue weighted by Gasteiger charge is 2.30. The molecule has 0 saturated carbocycles. The molecule has 3 aromatic carbocycles. The zero-order valence-corrected chi connectivity index (χ0v) is 19.1. The highest BCUT2D eigenvalue weighted by atomic mass is 16.5. The number of H-pyrrole nitrogens is 1. The number of rotatable bonds is 7. The third-order valence-electron chi connectivity index (χ3n) is 5.89. The molecule has 0 amide bonds. The second-order valence-electron chi connectivity index (χ2n) is 8.38. The predicted molar refractivity (Wildman–Crippen MR) is 130 cm³/mol. The van der Waals surface area contributed by atoms with Crippen LogP contribution in [-0.2, 0) is 13.2 Å². The van der Waals surface area contributed by atoms with Crippen molar-refractivity contribution in [3.8, 4) is 17.2 Å². The fourth-order valence-electron chi connectivity index (χ4n) is 4.07. The summed E-state index contributed by atoms with van der Waals surface area (Å²) in [6, 6.07) is 24.9. The molecule has 5 aromatic rings. The fourth-order valence-corrected chi connectivity index (χ4v) is 4.07. The topological polar surface area (TPSA) is 112 Å². The summed E-state index contributed by atoms with van der Waals surface area (Å²) in [6.07, 6.45) is -0.394. The van der Waals surface area contributed by atoms with Crippen LogP contribution in [0.4, 0.5) is 0 Å². The van der Waals surface area contributed by atoms with E-state index in [0.717, 1.165) is 22.2 Å². The molecular weight excluding hydrogens is 458 g/mol. The van der Waals surface area contributed by atoms with Crippen molar-refractivity contribution in [2.45, 2.75) is 25.7 Å². The minimum Gasteiger partial charge on any atom is -0.489 e. The molecule has 3 heterocycles. The molecule has 1 aliphatic heterocycles. The van der Waals surface area contributed by atoms with Crippen molar-refractivity contribution in [2.24, 2.45) is 0 Å². The van der Waals surface area contributed by atoms with Gasteiger partial charge in [-0.05, 0) is 42.0 Å². The number of benzene rings is 3. The predicted octanol–water partition coefficient (Wildman–Crippen LogP) is 4.61. The van der Waals surface area contributed by atoms with Crippen LogP contribution in [0, 0.1) is 0 Å². The lowest BCUT2D eigenvalue weighted by Crippen LogP contribution is -2.21. The van der Waals surface area contributed by atoms with Gasteiger partial charge in [-0.2, -0.15) is 5.21 Å². The van der Waals surface area contributed by atoms with E-state index >= 15 is 0 Å². The van der Waals surface area contributed by atoms with Crippen molar-refractivity contribution in [3.63, 3.8) is 0 Å². The van der Waals surface area contributed by atoms with Crippen molar-refractivity contribution < 1.29 is 19.0 Å². The van der Waals surface area contributed by atoms with Crippen LogP contribution in [0.2, 0.25) is 0 Å². The van der Waals surface area contributed by atoms with E-state index in [4.69, 9.17) is 14.2 Å². The highest BCUT2D eigenvalue weighted by Crippen LogP contribution is 2.34. The number of tetrazole rings is 1. The van der Waals surface area contributed by atoms with Crippen LogP contribution in [0.3, 0.4) is 0 Å². The molecule has 9 nitrogen and oxygen atoms in total. The van der Waals surface area contributed by atoms with Crippen LogP contribution in [0.15, 0.2) is 78.9 Å². The van der Waals surface area contributed by atoms with E-state index in [0.29, 0.717) is 41.9 Å². The van der Waals surface area contributed by atoms with Crippen molar-refractivity contribution in [1.29, 1.82) is 0 Å². The summed E-state index contributed by atoms with van der Waals surface area (Å²) in [4.78, 5) is 17.2. The second-order valence-corrected chi connectivity index (χ2v) is 8.38. The van der Waals surface area contributed by atoms with E-state index in [-0.39, 0.29) is 12.2 Å². The molecule has 1 unspecified atom stereocenters. The minimum absolute atomic E-state index is 0.0238. The van der Waals surface area contributed by atoms with Crippen molar-refractivity contribution >= 4 is 16.7 Å². The number of hydrogen-bond acceptors (Lipinski definition) is 8. The number of aromatic nitrogens is 5. The first-order chi connectivity index (χ1) is 17.7. The van der Waals surface area contributed by atoms with Gasteiger partial charge in [0.2, 0.25) is 5.82 Å². The number of ether oxygens (including phenoxy) is 3. The molecular formula is C27H21N5O4. The lowest BCUT2D eigenvalue weighted by atomic mass is 9.99. The van der Waals surface area contributed by atoms with E-state index < -0.39 is 6.10 Å². The van der Waals surface area contributed by atoms with Gasteiger partial charge < -0.3 is 14.2 Å². The van der Waals surface area contributed by atoms with Crippen molar-refractivity contribution in [1.82, 2.24) is 25.6 Å². The number of nitrogens with zero attached hydrogens (tertiary/aromatic N) is 4. The quantitative estimate of drug-likeness (QED) is 0.360. The molecule has 9 heteroatoms. The lowest BCUT2D eigenvalue weighted by molar-refractivity contribution is 0.0838. The van der Waals surface area contributed by atoms with Gasteiger partial charge in [-0.15, -0.1) is 10.2 Å². The molecule has 1 aliphatic rings. The van der Waals surface area contributed by atoms with Crippen LogP contribution in [-0.4, -0.2) is 31.4 Å². The molecule has 0 radical (unpaired) electrons. The molecule has 1 atom stereocenters. The van der Waals surface area contributed by atoms with Crippen LogP contribution < -0.4 is 14.2 Å². The Balaban J connectivity index is 1.10. The standard InChI is InChI=1S/C27H21N5O4/c33-24-14-26(27-29-31-32-30-27)36-25-12-17(8-11-22(24)25)15-34-20-5-3-6-21(13-20)35-16-19-10-9-18-4-1-2-7-23(18)28-19/h1-13,26H,14-16H2,(H,29,30,31,32). The number of aromatic amines is 1. The maximum Gasteiger partial charge on any atom is 0.215 e. The number of Topliss-reactive ketones (excluding diaryl/α,β-unsaturated/α-hetero) is 1. The van der Waals surface area contributed by atoms with Gasteiger partial charge in [-0.1, -0.05) is 41.6 Å². The number of pyridine rings is 1. The molecule has 2 aromatic heterocycles.